The molecule has 0 amide bonds. The number of rotatable bonds is 0. The molecule has 0 spiro atoms. The van der Waals surface area contributed by atoms with Crippen LogP contribution >= 0.6 is 0 Å². The summed E-state index contributed by atoms with van der Waals surface area (Å²) in [6.07, 6.45) is 1.93. The number of hydrogen-bond donors (Lipinski definition) is 0. The lowest BCUT2D eigenvalue weighted by atomic mass is 9.94. The van der Waals surface area contributed by atoms with Gasteiger partial charge in [-0.3, -0.25) is 4.98 Å². The van der Waals surface area contributed by atoms with E-state index < -0.39 is 8.07 Å². The highest BCUT2D eigenvalue weighted by Crippen LogP contribution is 2.38. The molecular weight excluding hydrogens is 409 g/mol. The van der Waals surface area contributed by atoms with Crippen molar-refractivity contribution in [3.05, 3.63) is 90.9 Å². The molecule has 0 atom stereocenters. The van der Waals surface area contributed by atoms with Crippen LogP contribution in [0, 0.1) is 5.82 Å². The highest BCUT2D eigenvalue weighted by Gasteiger charge is 2.37. The van der Waals surface area contributed by atoms with Crippen molar-refractivity contribution in [3.8, 4) is 11.3 Å². The SMILES string of the molecule is C[Si]1(C)c2cc3ccccc3cc2-c2nccc3c2c1cc1c2cc(F)ccc2ccc31. The van der Waals surface area contributed by atoms with Gasteiger partial charge in [-0.05, 0) is 72.3 Å². The van der Waals surface area contributed by atoms with Crippen LogP contribution in [0.5, 0.6) is 0 Å². The topological polar surface area (TPSA) is 12.9 Å². The maximum atomic E-state index is 14.2. The molecule has 0 fully saturated rings. The first-order valence-electron chi connectivity index (χ1n) is 11.0. The van der Waals surface area contributed by atoms with E-state index in [-0.39, 0.29) is 5.82 Å². The van der Waals surface area contributed by atoms with E-state index in [2.05, 4.69) is 73.8 Å². The van der Waals surface area contributed by atoms with Crippen LogP contribution in [0.4, 0.5) is 4.39 Å². The fourth-order valence-corrected chi connectivity index (χ4v) is 8.73. The highest BCUT2D eigenvalue weighted by atomic mass is 28.3. The molecule has 7 rings (SSSR count). The minimum atomic E-state index is -2.03. The standard InChI is InChI=1S/C29H20FNSi/c1-32(2)26-14-19-6-4-3-5-18(19)13-25(26)29-28-22(11-12-31-29)21-10-8-17-7-9-20(30)15-23(17)24(21)16-27(28)32/h3-16H,1-2H3. The maximum absolute atomic E-state index is 14.2. The number of fused-ring (bicyclic) bond motifs is 7. The molecule has 1 nitrogen and oxygen atoms in total. The Balaban J connectivity index is 1.71. The summed E-state index contributed by atoms with van der Waals surface area (Å²) in [6, 6.07) is 27.1. The van der Waals surface area contributed by atoms with E-state index in [0.29, 0.717) is 0 Å². The average Bonchev–Trinajstić information content (AvgIpc) is 2.81. The molecule has 6 aromatic rings. The lowest BCUT2D eigenvalue weighted by molar-refractivity contribution is 0.630. The Labute approximate surface area is 186 Å². The normalized spacial score (nSPS) is 14.3. The van der Waals surface area contributed by atoms with Crippen LogP contribution in [0.25, 0.3) is 54.3 Å². The van der Waals surface area contributed by atoms with Gasteiger partial charge < -0.3 is 0 Å². The first-order chi connectivity index (χ1) is 15.5. The minimum absolute atomic E-state index is 0.192. The van der Waals surface area contributed by atoms with Crippen LogP contribution in [-0.4, -0.2) is 13.1 Å². The van der Waals surface area contributed by atoms with Crippen LogP contribution in [0.15, 0.2) is 85.1 Å². The van der Waals surface area contributed by atoms with Crippen LogP contribution in [0.2, 0.25) is 13.1 Å². The van der Waals surface area contributed by atoms with Crippen molar-refractivity contribution < 1.29 is 4.39 Å². The van der Waals surface area contributed by atoms with Gasteiger partial charge in [0, 0.05) is 17.1 Å². The van der Waals surface area contributed by atoms with Gasteiger partial charge >= 0.3 is 0 Å². The molecule has 5 aromatic carbocycles. The van der Waals surface area contributed by atoms with Gasteiger partial charge in [0.25, 0.3) is 0 Å². The number of hydrogen-bond acceptors (Lipinski definition) is 1. The van der Waals surface area contributed by atoms with Gasteiger partial charge in [-0.15, -0.1) is 0 Å². The Hall–Kier alpha value is -3.56. The van der Waals surface area contributed by atoms with E-state index in [1.165, 1.54) is 42.9 Å². The van der Waals surface area contributed by atoms with Gasteiger partial charge in [0.05, 0.1) is 5.69 Å². The number of benzene rings is 5. The summed E-state index contributed by atoms with van der Waals surface area (Å²) >= 11 is 0. The Bertz CT molecular complexity index is 1770. The molecule has 0 saturated carbocycles. The molecule has 0 unspecified atom stereocenters. The summed E-state index contributed by atoms with van der Waals surface area (Å²) in [7, 11) is -2.03. The van der Waals surface area contributed by atoms with Crippen LogP contribution < -0.4 is 10.4 Å². The lowest BCUT2D eigenvalue weighted by Gasteiger charge is -2.34. The Morgan fingerprint density at radius 3 is 2.28 bits per heavy atom. The number of nitrogens with zero attached hydrogens (tertiary/aromatic N) is 1. The van der Waals surface area contributed by atoms with Gasteiger partial charge in [-0.2, -0.15) is 0 Å². The monoisotopic (exact) mass is 429 g/mol. The quantitative estimate of drug-likeness (QED) is 0.195. The van der Waals surface area contributed by atoms with Gasteiger partial charge in [0.2, 0.25) is 0 Å². The van der Waals surface area contributed by atoms with Crippen molar-refractivity contribution >= 4 is 61.5 Å². The molecule has 152 valence electrons. The summed E-state index contributed by atoms with van der Waals surface area (Å²) in [5, 5.41) is 12.2. The molecule has 1 aliphatic rings. The molecule has 0 N–H and O–H groups in total. The molecule has 2 heterocycles. The molecule has 0 saturated heterocycles. The fourth-order valence-electron chi connectivity index (χ4n) is 5.68. The van der Waals surface area contributed by atoms with Crippen molar-refractivity contribution in [1.82, 2.24) is 4.98 Å². The summed E-state index contributed by atoms with van der Waals surface area (Å²) in [5.74, 6) is -0.192. The number of aromatic nitrogens is 1. The molecule has 0 aliphatic carbocycles. The smallest absolute Gasteiger partial charge is 0.123 e. The third-order valence-corrected chi connectivity index (χ3v) is 10.8. The second-order valence-corrected chi connectivity index (χ2v) is 13.7. The predicted octanol–water partition coefficient (Wildman–Crippen LogP) is 6.64. The summed E-state index contributed by atoms with van der Waals surface area (Å²) in [5.41, 5.74) is 2.34. The van der Waals surface area contributed by atoms with Crippen LogP contribution in [0.1, 0.15) is 0 Å². The number of halogens is 1. The van der Waals surface area contributed by atoms with Crippen molar-refractivity contribution in [2.75, 3.05) is 0 Å². The Morgan fingerprint density at radius 1 is 0.656 bits per heavy atom. The van der Waals surface area contributed by atoms with E-state index >= 15 is 0 Å². The number of pyridine rings is 1. The molecule has 0 bridgehead atoms. The minimum Gasteiger partial charge on any atom is -0.256 e. The van der Waals surface area contributed by atoms with Gasteiger partial charge in [0.15, 0.2) is 0 Å². The first kappa shape index (κ1) is 18.1. The fraction of sp³-hybridized carbons (Fsp3) is 0.0690. The maximum Gasteiger partial charge on any atom is 0.123 e. The van der Waals surface area contributed by atoms with E-state index in [1.54, 1.807) is 12.1 Å². The highest BCUT2D eigenvalue weighted by molar-refractivity contribution is 7.03. The van der Waals surface area contributed by atoms with E-state index in [0.717, 1.165) is 21.9 Å². The van der Waals surface area contributed by atoms with Gasteiger partial charge in [-0.1, -0.05) is 67.7 Å². The van der Waals surface area contributed by atoms with Gasteiger partial charge in [-0.25, -0.2) is 4.39 Å². The largest absolute Gasteiger partial charge is 0.256 e. The predicted molar refractivity (Wildman–Crippen MR) is 136 cm³/mol. The zero-order chi connectivity index (χ0) is 21.6. The van der Waals surface area contributed by atoms with E-state index in [1.807, 2.05) is 12.3 Å². The van der Waals surface area contributed by atoms with Crippen molar-refractivity contribution in [2.45, 2.75) is 13.1 Å². The Kier molecular flexibility index (Phi) is 3.40. The van der Waals surface area contributed by atoms with E-state index in [4.69, 9.17) is 4.98 Å². The second kappa shape index (κ2) is 6.02. The summed E-state index contributed by atoms with van der Waals surface area (Å²) in [6.45, 7) is 4.87. The van der Waals surface area contributed by atoms with Crippen molar-refractivity contribution in [2.24, 2.45) is 0 Å². The molecule has 1 aromatic heterocycles. The zero-order valence-electron chi connectivity index (χ0n) is 17.9. The van der Waals surface area contributed by atoms with Crippen LogP contribution in [0.3, 0.4) is 0 Å². The zero-order valence-corrected chi connectivity index (χ0v) is 18.9. The summed E-state index contributed by atoms with van der Waals surface area (Å²) < 4.78 is 14.2. The second-order valence-electron chi connectivity index (χ2n) is 9.40. The third kappa shape index (κ3) is 2.24. The van der Waals surface area contributed by atoms with E-state index in [9.17, 15) is 4.39 Å². The third-order valence-electron chi connectivity index (χ3n) is 7.31. The molecule has 0 radical (unpaired) electrons. The van der Waals surface area contributed by atoms with Crippen molar-refractivity contribution in [3.63, 3.8) is 0 Å². The van der Waals surface area contributed by atoms with Crippen molar-refractivity contribution in [1.29, 1.82) is 0 Å². The molecule has 32 heavy (non-hydrogen) atoms. The first-order valence-corrected chi connectivity index (χ1v) is 14.0. The molecule has 1 aliphatic heterocycles. The van der Waals surface area contributed by atoms with Crippen LogP contribution in [-0.2, 0) is 0 Å². The molecular formula is C29H20FNSi. The van der Waals surface area contributed by atoms with Gasteiger partial charge in [0.1, 0.15) is 13.9 Å². The Morgan fingerprint density at radius 2 is 1.44 bits per heavy atom. The molecule has 3 heteroatoms. The average molecular weight is 430 g/mol. The summed E-state index contributed by atoms with van der Waals surface area (Å²) in [4.78, 5) is 4.90. The lowest BCUT2D eigenvalue weighted by Crippen LogP contribution is -2.56.